The first kappa shape index (κ1) is 26.2. The second-order valence-electron chi connectivity index (χ2n) is 7.59. The largest absolute Gasteiger partial charge is 0.494 e. The Hall–Kier alpha value is -3.01. The first-order chi connectivity index (χ1) is 15.3. The zero-order valence-corrected chi connectivity index (χ0v) is 20.6. The van der Waals surface area contributed by atoms with Crippen molar-refractivity contribution in [3.63, 3.8) is 0 Å². The highest BCUT2D eigenvalue weighted by atomic mass is 35.5. The molecule has 0 aliphatic carbocycles. The van der Waals surface area contributed by atoms with E-state index in [4.69, 9.17) is 9.72 Å². The van der Waals surface area contributed by atoms with Crippen LogP contribution in [0.4, 0.5) is 10.8 Å². The molecule has 1 heterocycles. The average Bonchev–Trinajstić information content (AvgIpc) is 3.21. The van der Waals surface area contributed by atoms with E-state index in [0.717, 1.165) is 28.7 Å². The molecule has 8 nitrogen and oxygen atoms in total. The zero-order chi connectivity index (χ0) is 23.3. The number of anilines is 1. The number of rotatable bonds is 9. The molecule has 0 spiro atoms. The summed E-state index contributed by atoms with van der Waals surface area (Å²) < 4.78 is 6.43. The molecule has 0 atom stereocenters. The zero-order valence-electron chi connectivity index (χ0n) is 19.0. The number of nitrogens with zero attached hydrogens (tertiary/aromatic N) is 4. The molecule has 3 rings (SSSR count). The fraction of sp³-hybridized carbons (Fsp3) is 0.304. The van der Waals surface area contributed by atoms with Gasteiger partial charge in [0.15, 0.2) is 5.13 Å². The Morgan fingerprint density at radius 1 is 1.24 bits per heavy atom. The van der Waals surface area contributed by atoms with Crippen LogP contribution in [0.3, 0.4) is 0 Å². The molecule has 0 fully saturated rings. The highest BCUT2D eigenvalue weighted by molar-refractivity contribution is 7.22. The van der Waals surface area contributed by atoms with Gasteiger partial charge in [0, 0.05) is 24.8 Å². The quantitative estimate of drug-likeness (QED) is 0.240. The number of hydrogen-bond acceptors (Lipinski definition) is 7. The fourth-order valence-corrected chi connectivity index (χ4v) is 4.31. The molecule has 0 saturated heterocycles. The Kier molecular flexibility index (Phi) is 9.33. The van der Waals surface area contributed by atoms with Crippen LogP contribution in [0, 0.1) is 17.0 Å². The van der Waals surface area contributed by atoms with Gasteiger partial charge in [0.1, 0.15) is 11.3 Å². The second-order valence-corrected chi connectivity index (χ2v) is 8.57. The summed E-state index contributed by atoms with van der Waals surface area (Å²) >= 11 is 1.45. The van der Waals surface area contributed by atoms with Gasteiger partial charge in [-0.25, -0.2) is 4.98 Å². The maximum atomic E-state index is 13.2. The number of amides is 1. The van der Waals surface area contributed by atoms with E-state index < -0.39 is 4.92 Å². The van der Waals surface area contributed by atoms with Gasteiger partial charge in [-0.15, -0.1) is 12.4 Å². The number of thiazole rings is 1. The molecule has 2 aromatic carbocycles. The lowest BCUT2D eigenvalue weighted by Crippen LogP contribution is -2.32. The maximum absolute atomic E-state index is 13.2. The molecule has 0 aliphatic rings. The van der Waals surface area contributed by atoms with Crippen molar-refractivity contribution in [2.75, 3.05) is 39.2 Å². The number of nitro groups is 1. The van der Waals surface area contributed by atoms with Crippen molar-refractivity contribution < 1.29 is 14.5 Å². The molecule has 3 aromatic rings. The van der Waals surface area contributed by atoms with E-state index in [1.54, 1.807) is 30.2 Å². The molecule has 0 saturated carbocycles. The summed E-state index contributed by atoms with van der Waals surface area (Å²) in [4.78, 5) is 32.1. The summed E-state index contributed by atoms with van der Waals surface area (Å²) in [6.45, 7) is 3.33. The van der Waals surface area contributed by atoms with Crippen LogP contribution in [0.25, 0.3) is 16.3 Å². The van der Waals surface area contributed by atoms with Gasteiger partial charge in [0.2, 0.25) is 0 Å². The number of nitro benzene ring substituents is 1. The smallest absolute Gasteiger partial charge is 0.270 e. The minimum atomic E-state index is -0.455. The van der Waals surface area contributed by atoms with E-state index in [1.807, 2.05) is 33.2 Å². The van der Waals surface area contributed by atoms with Crippen molar-refractivity contribution in [2.45, 2.75) is 13.3 Å². The van der Waals surface area contributed by atoms with Gasteiger partial charge in [0.05, 0.1) is 16.7 Å². The van der Waals surface area contributed by atoms with Crippen molar-refractivity contribution in [3.05, 3.63) is 63.7 Å². The molecule has 1 amide bonds. The Morgan fingerprint density at radius 3 is 2.67 bits per heavy atom. The van der Waals surface area contributed by atoms with Gasteiger partial charge < -0.3 is 9.64 Å². The Bertz CT molecular complexity index is 1160. The van der Waals surface area contributed by atoms with Gasteiger partial charge in [-0.1, -0.05) is 29.5 Å². The number of aromatic nitrogens is 1. The lowest BCUT2D eigenvalue weighted by molar-refractivity contribution is -0.384. The van der Waals surface area contributed by atoms with Crippen molar-refractivity contribution >= 4 is 56.8 Å². The van der Waals surface area contributed by atoms with Crippen LogP contribution in [0.1, 0.15) is 17.5 Å². The third kappa shape index (κ3) is 6.50. The summed E-state index contributed by atoms with van der Waals surface area (Å²) in [5.41, 5.74) is 2.37. The van der Waals surface area contributed by atoms with Crippen LogP contribution in [-0.4, -0.2) is 55.0 Å². The van der Waals surface area contributed by atoms with E-state index in [9.17, 15) is 14.9 Å². The van der Waals surface area contributed by atoms with Crippen LogP contribution in [0.15, 0.2) is 42.5 Å². The van der Waals surface area contributed by atoms with E-state index in [1.165, 1.54) is 29.5 Å². The fourth-order valence-electron chi connectivity index (χ4n) is 3.22. The van der Waals surface area contributed by atoms with Gasteiger partial charge in [-0.05, 0) is 57.3 Å². The number of methoxy groups -OCH3 is 1. The van der Waals surface area contributed by atoms with Crippen molar-refractivity contribution in [2.24, 2.45) is 0 Å². The van der Waals surface area contributed by atoms with Gasteiger partial charge >= 0.3 is 0 Å². The van der Waals surface area contributed by atoms with Crippen LogP contribution in [0.2, 0.25) is 0 Å². The lowest BCUT2D eigenvalue weighted by atomic mass is 10.2. The number of hydrogen-bond donors (Lipinski definition) is 0. The van der Waals surface area contributed by atoms with Gasteiger partial charge in [-0.3, -0.25) is 19.8 Å². The highest BCUT2D eigenvalue weighted by Gasteiger charge is 2.20. The van der Waals surface area contributed by atoms with Crippen molar-refractivity contribution in [3.8, 4) is 5.75 Å². The summed E-state index contributed by atoms with van der Waals surface area (Å²) in [6.07, 6.45) is 3.80. The van der Waals surface area contributed by atoms with Gasteiger partial charge in [-0.2, -0.15) is 0 Å². The van der Waals surface area contributed by atoms with Crippen LogP contribution in [0.5, 0.6) is 5.75 Å². The van der Waals surface area contributed by atoms with E-state index in [2.05, 4.69) is 4.90 Å². The molecular weight excluding hydrogens is 464 g/mol. The predicted octanol–water partition coefficient (Wildman–Crippen LogP) is 4.94. The third-order valence-electron chi connectivity index (χ3n) is 4.90. The highest BCUT2D eigenvalue weighted by Crippen LogP contribution is 2.36. The van der Waals surface area contributed by atoms with E-state index in [-0.39, 0.29) is 24.0 Å². The predicted molar refractivity (Wildman–Crippen MR) is 136 cm³/mol. The Morgan fingerprint density at radius 2 is 2.00 bits per heavy atom. The molecule has 1 aromatic heterocycles. The summed E-state index contributed by atoms with van der Waals surface area (Å²) in [7, 11) is 5.57. The number of carbonyl (C=O) groups excluding carboxylic acids is 1. The van der Waals surface area contributed by atoms with Crippen molar-refractivity contribution in [1.82, 2.24) is 9.88 Å². The summed E-state index contributed by atoms with van der Waals surface area (Å²) in [5, 5.41) is 11.6. The summed E-state index contributed by atoms with van der Waals surface area (Å²) in [5.74, 6) is 0.437. The number of aryl methyl sites for hydroxylation is 1. The number of halogens is 1. The summed E-state index contributed by atoms with van der Waals surface area (Å²) in [6, 6.07) is 10.0. The third-order valence-corrected chi connectivity index (χ3v) is 6.11. The number of benzene rings is 2. The molecule has 33 heavy (non-hydrogen) atoms. The normalized spacial score (nSPS) is 11.1. The molecule has 10 heteroatoms. The molecule has 0 N–H and O–H groups in total. The minimum absolute atomic E-state index is 0. The number of carbonyl (C=O) groups is 1. The molecule has 0 unspecified atom stereocenters. The number of ether oxygens (including phenoxy) is 1. The van der Waals surface area contributed by atoms with Gasteiger partial charge in [0.25, 0.3) is 11.6 Å². The monoisotopic (exact) mass is 490 g/mol. The number of fused-ring (bicyclic) bond motifs is 1. The van der Waals surface area contributed by atoms with Crippen LogP contribution in [-0.2, 0) is 4.79 Å². The Labute approximate surface area is 203 Å². The lowest BCUT2D eigenvalue weighted by Gasteiger charge is -2.19. The molecule has 0 radical (unpaired) electrons. The first-order valence-corrected chi connectivity index (χ1v) is 10.9. The van der Waals surface area contributed by atoms with Crippen LogP contribution >= 0.6 is 23.7 Å². The van der Waals surface area contributed by atoms with E-state index in [0.29, 0.717) is 23.0 Å². The average molecular weight is 491 g/mol. The first-order valence-electron chi connectivity index (χ1n) is 10.1. The topological polar surface area (TPSA) is 88.8 Å². The van der Waals surface area contributed by atoms with E-state index >= 15 is 0 Å². The maximum Gasteiger partial charge on any atom is 0.270 e. The van der Waals surface area contributed by atoms with Crippen LogP contribution < -0.4 is 9.64 Å². The minimum Gasteiger partial charge on any atom is -0.494 e. The Balaban J connectivity index is 0.00000385. The molecule has 0 aliphatic heterocycles. The second kappa shape index (κ2) is 11.7. The molecule has 176 valence electrons. The number of non-ortho nitro benzene ring substituents is 1. The molecule has 0 bridgehead atoms. The SMILES string of the molecule is COc1ccc(C)c2sc(N(CCCN(C)C)C(=O)C=Cc3cccc([N+](=O)[O-])c3)nc12.Cl. The standard InChI is InChI=1S/C23H26N4O4S.ClH/c1-16-9-11-19(31-4)21-22(16)32-23(24-21)26(14-6-13-25(2)3)20(28)12-10-17-7-5-8-18(15-17)27(29)30;/h5,7-12,15H,6,13-14H2,1-4H3;1H. The van der Waals surface area contributed by atoms with Crippen molar-refractivity contribution in [1.29, 1.82) is 0 Å². The molecular formula is C23H27ClN4O4S.